The van der Waals surface area contributed by atoms with Crippen molar-refractivity contribution in [1.82, 2.24) is 9.97 Å². The molecule has 3 aromatic carbocycles. The van der Waals surface area contributed by atoms with Crippen LogP contribution in [0.5, 0.6) is 11.8 Å². The molecule has 0 spiro atoms. The Morgan fingerprint density at radius 1 is 0.904 bits per heavy atom. The quantitative estimate of drug-likeness (QED) is 0.121. The first-order chi connectivity index (χ1) is 25.1. The summed E-state index contributed by atoms with van der Waals surface area (Å²) in [5, 5.41) is 29.9. The number of aromatic nitrogens is 2. The number of halogens is 3. The topological polar surface area (TPSA) is 126 Å². The van der Waals surface area contributed by atoms with Gasteiger partial charge in [-0.2, -0.15) is 10.2 Å². The van der Waals surface area contributed by atoms with Crippen molar-refractivity contribution in [3.63, 3.8) is 0 Å². The number of fused-ring (bicyclic) bond motifs is 1. The summed E-state index contributed by atoms with van der Waals surface area (Å²) in [4.78, 5) is 20.6. The average Bonchev–Trinajstić information content (AvgIpc) is 3.16. The van der Waals surface area contributed by atoms with E-state index in [-0.39, 0.29) is 37.8 Å². The van der Waals surface area contributed by atoms with Crippen LogP contribution in [0, 0.1) is 16.7 Å². The summed E-state index contributed by atoms with van der Waals surface area (Å²) in [6, 6.07) is 23.8. The highest BCUT2D eigenvalue weighted by atomic mass is 79.9. The summed E-state index contributed by atoms with van der Waals surface area (Å²) < 4.78 is 12.8. The molecule has 52 heavy (non-hydrogen) atoms. The van der Waals surface area contributed by atoms with Gasteiger partial charge >= 0.3 is 5.97 Å². The van der Waals surface area contributed by atoms with Gasteiger partial charge in [-0.3, -0.25) is 9.78 Å². The molecule has 0 saturated heterocycles. The molecule has 6 rings (SSSR count). The Kier molecular flexibility index (Phi) is 11.8. The lowest BCUT2D eigenvalue weighted by molar-refractivity contribution is -0.150. The van der Waals surface area contributed by atoms with Crippen LogP contribution in [0.3, 0.4) is 0 Å². The molecule has 2 N–H and O–H groups in total. The minimum absolute atomic E-state index is 0.0545. The normalized spacial score (nSPS) is 13.5. The molecule has 0 bridgehead atoms. The summed E-state index contributed by atoms with van der Waals surface area (Å²) in [6.45, 7) is 1.10. The van der Waals surface area contributed by atoms with Crippen LogP contribution in [0.25, 0.3) is 22.3 Å². The largest absolute Gasteiger partial charge is 0.481 e. The third-order valence-corrected chi connectivity index (χ3v) is 10.9. The number of benzene rings is 3. The summed E-state index contributed by atoms with van der Waals surface area (Å²) in [6.07, 6.45) is 8.06. The number of nitriles is 1. The van der Waals surface area contributed by atoms with Crippen molar-refractivity contribution >= 4 is 45.1 Å². The Morgan fingerprint density at radius 3 is 2.37 bits per heavy atom. The first-order valence-electron chi connectivity index (χ1n) is 16.9. The molecule has 8 nitrogen and oxygen atoms in total. The average molecular weight is 802 g/mol. The fraction of sp³-hybridized carbons (Fsp3) is 0.268. The van der Waals surface area contributed by atoms with E-state index in [1.165, 1.54) is 37.1 Å². The van der Waals surface area contributed by atoms with Crippen LogP contribution in [-0.4, -0.2) is 32.8 Å². The zero-order valence-electron chi connectivity index (χ0n) is 28.5. The summed E-state index contributed by atoms with van der Waals surface area (Å²) in [5.41, 5.74) is 7.44. The number of carboxylic acids is 1. The highest BCUT2D eigenvalue weighted by Crippen LogP contribution is 2.41. The maximum atomic E-state index is 11.9. The van der Waals surface area contributed by atoms with Crippen molar-refractivity contribution in [3.8, 4) is 40.1 Å². The number of carboxylic acid groups (broad SMARTS) is 1. The second-order valence-corrected chi connectivity index (χ2v) is 14.8. The second kappa shape index (κ2) is 16.5. The van der Waals surface area contributed by atoms with E-state index in [1.807, 2.05) is 36.4 Å². The van der Waals surface area contributed by atoms with Gasteiger partial charge in [0.2, 0.25) is 11.8 Å². The maximum Gasteiger partial charge on any atom is 0.311 e. The number of aryl methyl sites for hydroxylation is 3. The number of pyridine rings is 2. The van der Waals surface area contributed by atoms with E-state index in [4.69, 9.17) is 32.7 Å². The number of aliphatic carboxylic acids is 1. The summed E-state index contributed by atoms with van der Waals surface area (Å²) in [7, 11) is 0. The molecule has 0 saturated carbocycles. The zero-order chi connectivity index (χ0) is 36.8. The fourth-order valence-corrected chi connectivity index (χ4v) is 7.35. The van der Waals surface area contributed by atoms with Crippen molar-refractivity contribution < 1.29 is 24.5 Å². The smallest absolute Gasteiger partial charge is 0.311 e. The van der Waals surface area contributed by atoms with Crippen LogP contribution in [0.15, 0.2) is 83.6 Å². The van der Waals surface area contributed by atoms with Crippen molar-refractivity contribution in [2.75, 3.05) is 6.61 Å². The first kappa shape index (κ1) is 37.3. The number of hydrogen-bond acceptors (Lipinski definition) is 7. The third kappa shape index (κ3) is 8.27. The zero-order valence-corrected chi connectivity index (χ0v) is 31.6. The molecule has 0 unspecified atom stereocenters. The van der Waals surface area contributed by atoms with E-state index in [0.717, 1.165) is 35.1 Å². The van der Waals surface area contributed by atoms with Gasteiger partial charge in [0.25, 0.3) is 0 Å². The van der Waals surface area contributed by atoms with Crippen LogP contribution in [-0.2, 0) is 37.3 Å². The Balaban J connectivity index is 1.26. The molecule has 0 aliphatic heterocycles. The van der Waals surface area contributed by atoms with Gasteiger partial charge in [0, 0.05) is 45.8 Å². The van der Waals surface area contributed by atoms with Crippen molar-refractivity contribution in [2.24, 2.45) is 5.41 Å². The van der Waals surface area contributed by atoms with Gasteiger partial charge in [-0.1, -0.05) is 77.8 Å². The van der Waals surface area contributed by atoms with Crippen LogP contribution >= 0.6 is 39.1 Å². The Hall–Kier alpha value is -4.46. The molecule has 1 aliphatic rings. The van der Waals surface area contributed by atoms with E-state index in [2.05, 4.69) is 50.2 Å². The lowest BCUT2D eigenvalue weighted by Gasteiger charge is -2.22. The number of aliphatic hydroxyl groups is 1. The van der Waals surface area contributed by atoms with E-state index in [0.29, 0.717) is 36.8 Å². The number of aliphatic hydroxyl groups excluding tert-OH is 1. The molecular formula is C41H36BrCl2N3O5. The van der Waals surface area contributed by atoms with Gasteiger partial charge in [-0.15, -0.1) is 0 Å². The minimum Gasteiger partial charge on any atom is -0.481 e. The molecule has 0 fully saturated rings. The fourth-order valence-electron chi connectivity index (χ4n) is 6.25. The molecule has 2 heterocycles. The number of rotatable bonds is 13. The van der Waals surface area contributed by atoms with Crippen molar-refractivity contribution in [3.05, 3.63) is 127 Å². The van der Waals surface area contributed by atoms with Crippen LogP contribution in [0.2, 0.25) is 10.0 Å². The molecular weight excluding hydrogens is 765 g/mol. The predicted octanol–water partition coefficient (Wildman–Crippen LogP) is 9.80. The first-order valence-corrected chi connectivity index (χ1v) is 18.5. The third-order valence-electron chi connectivity index (χ3n) is 9.49. The number of ether oxygens (including phenoxy) is 2. The van der Waals surface area contributed by atoms with Crippen LogP contribution < -0.4 is 9.47 Å². The molecule has 0 amide bonds. The summed E-state index contributed by atoms with van der Waals surface area (Å²) in [5.74, 6) is -0.647. The predicted molar refractivity (Wildman–Crippen MR) is 205 cm³/mol. The Morgan fingerprint density at radius 2 is 1.62 bits per heavy atom. The van der Waals surface area contributed by atoms with Gasteiger partial charge in [-0.05, 0) is 90.2 Å². The highest BCUT2D eigenvalue weighted by molar-refractivity contribution is 9.10. The molecule has 5 aromatic rings. The molecule has 1 atom stereocenters. The Labute approximate surface area is 321 Å². The lowest BCUT2D eigenvalue weighted by Crippen LogP contribution is -2.32. The number of carbonyl (C=O) groups is 1. The van der Waals surface area contributed by atoms with E-state index in [9.17, 15) is 20.3 Å². The van der Waals surface area contributed by atoms with Gasteiger partial charge in [0.05, 0.1) is 32.1 Å². The SMILES string of the molecule is C[C@@](CO)(CCc1cc(Br)c(OCc2cccc(-c3cccc(-c4ccc5c(c4)CCCC5)c3Cl)c2Cl)nc1OCc1cncc(C#N)c1)C(=O)O. The van der Waals surface area contributed by atoms with Gasteiger partial charge < -0.3 is 19.7 Å². The molecule has 0 radical (unpaired) electrons. The standard InChI is InChI=1S/C41H36BrCl2N3O5/c1-41(24-48,40(49)50)15-14-30-18-35(42)39(47-38(30)51-22-26-16-25(19-45)20-46-21-26)52-23-31-8-4-10-33(36(31)43)34-11-5-9-32(37(34)44)29-13-12-27-6-2-3-7-28(27)17-29/h4-5,8-13,16-18,20-21,48H,2-3,6-7,14-15,22-24H2,1H3,(H,49,50)/t41-/m0/s1. The monoisotopic (exact) mass is 799 g/mol. The van der Waals surface area contributed by atoms with Crippen molar-refractivity contribution in [1.29, 1.82) is 5.26 Å². The highest BCUT2D eigenvalue weighted by Gasteiger charge is 2.32. The second-order valence-electron chi connectivity index (χ2n) is 13.2. The van der Waals surface area contributed by atoms with Gasteiger partial charge in [0.1, 0.15) is 19.3 Å². The maximum absolute atomic E-state index is 11.9. The van der Waals surface area contributed by atoms with E-state index < -0.39 is 18.0 Å². The van der Waals surface area contributed by atoms with E-state index >= 15 is 0 Å². The number of hydrogen-bond donors (Lipinski definition) is 2. The van der Waals surface area contributed by atoms with E-state index in [1.54, 1.807) is 18.3 Å². The number of nitrogens with zero attached hydrogens (tertiary/aromatic N) is 3. The molecule has 11 heteroatoms. The Bertz CT molecular complexity index is 2170. The van der Waals surface area contributed by atoms with Crippen molar-refractivity contribution in [2.45, 2.75) is 58.7 Å². The van der Waals surface area contributed by atoms with Gasteiger partial charge in [0.15, 0.2) is 0 Å². The van der Waals surface area contributed by atoms with Crippen LogP contribution in [0.4, 0.5) is 0 Å². The minimum atomic E-state index is -1.35. The lowest BCUT2D eigenvalue weighted by atomic mass is 9.85. The van der Waals surface area contributed by atoms with Crippen LogP contribution in [0.1, 0.15) is 59.6 Å². The van der Waals surface area contributed by atoms with Gasteiger partial charge in [-0.25, -0.2) is 0 Å². The summed E-state index contributed by atoms with van der Waals surface area (Å²) >= 11 is 17.7. The molecule has 1 aliphatic carbocycles. The molecule has 266 valence electrons. The molecule has 2 aromatic heterocycles.